The Balaban J connectivity index is 0. The van der Waals surface area contributed by atoms with E-state index in [9.17, 15) is 0 Å². The molecule has 0 aliphatic carbocycles. The van der Waals surface area contributed by atoms with Crippen molar-refractivity contribution in [3.05, 3.63) is 11.9 Å². The summed E-state index contributed by atoms with van der Waals surface area (Å²) in [5.41, 5.74) is 0.569. The lowest BCUT2D eigenvalue weighted by Gasteiger charge is -1.75. The van der Waals surface area contributed by atoms with E-state index in [4.69, 9.17) is 5.11 Å². The zero-order valence-electron chi connectivity index (χ0n) is 7.63. The summed E-state index contributed by atoms with van der Waals surface area (Å²) in [4.78, 5) is 0. The molecule has 4 heteroatoms. The molecular formula is C7H17N3O. The van der Waals surface area contributed by atoms with Crippen LogP contribution in [0.5, 0.6) is 0 Å². The number of aromatic amines is 1. The van der Waals surface area contributed by atoms with E-state index in [1.807, 2.05) is 27.7 Å². The lowest BCUT2D eigenvalue weighted by atomic mass is 10.5. The fraction of sp³-hybridized carbons (Fsp3) is 0.714. The topological polar surface area (TPSA) is 61.8 Å². The Labute approximate surface area is 67.6 Å². The summed E-state index contributed by atoms with van der Waals surface area (Å²) >= 11 is 0. The summed E-state index contributed by atoms with van der Waals surface area (Å²) in [5, 5.41) is 17.7. The van der Waals surface area contributed by atoms with Crippen LogP contribution in [0.4, 0.5) is 0 Å². The highest BCUT2D eigenvalue weighted by molar-refractivity contribution is 4.85. The maximum absolute atomic E-state index is 8.30. The van der Waals surface area contributed by atoms with E-state index >= 15 is 0 Å². The van der Waals surface area contributed by atoms with Crippen LogP contribution < -0.4 is 0 Å². The summed E-state index contributed by atoms with van der Waals surface area (Å²) in [6.07, 6.45) is 1.47. The molecule has 1 heterocycles. The van der Waals surface area contributed by atoms with Gasteiger partial charge in [0.2, 0.25) is 0 Å². The van der Waals surface area contributed by atoms with Gasteiger partial charge in [-0.1, -0.05) is 27.7 Å². The molecule has 1 aromatic heterocycles. The quantitative estimate of drug-likeness (QED) is 0.650. The van der Waals surface area contributed by atoms with Gasteiger partial charge in [0, 0.05) is 0 Å². The minimum Gasteiger partial charge on any atom is -0.390 e. The van der Waals surface area contributed by atoms with E-state index in [0.717, 1.165) is 0 Å². The zero-order chi connectivity index (χ0) is 9.11. The number of aliphatic hydroxyl groups is 1. The number of hydrogen-bond donors (Lipinski definition) is 2. The van der Waals surface area contributed by atoms with Crippen molar-refractivity contribution in [1.29, 1.82) is 0 Å². The van der Waals surface area contributed by atoms with Crippen molar-refractivity contribution < 1.29 is 5.11 Å². The molecule has 1 rings (SSSR count). The summed E-state index contributed by atoms with van der Waals surface area (Å²) in [6.45, 7) is 7.95. The highest BCUT2D eigenvalue weighted by Gasteiger charge is 1.86. The monoisotopic (exact) mass is 159 g/mol. The van der Waals surface area contributed by atoms with E-state index in [1.54, 1.807) is 0 Å². The number of aliphatic hydroxyl groups excluding tert-OH is 1. The average molecular weight is 159 g/mol. The van der Waals surface area contributed by atoms with Crippen LogP contribution in [-0.4, -0.2) is 20.5 Å². The third-order valence-corrected chi connectivity index (χ3v) is 0.627. The summed E-state index contributed by atoms with van der Waals surface area (Å²) in [6, 6.07) is 0. The van der Waals surface area contributed by atoms with Gasteiger partial charge in [-0.2, -0.15) is 15.4 Å². The summed E-state index contributed by atoms with van der Waals surface area (Å²) < 4.78 is 0. The van der Waals surface area contributed by atoms with Crippen molar-refractivity contribution in [2.75, 3.05) is 0 Å². The first kappa shape index (κ1) is 12.7. The van der Waals surface area contributed by atoms with Gasteiger partial charge in [0.15, 0.2) is 0 Å². The number of nitrogens with one attached hydrogen (secondary N) is 1. The predicted octanol–water partition coefficient (Wildman–Crippen LogP) is 1.35. The van der Waals surface area contributed by atoms with Crippen LogP contribution in [0.1, 0.15) is 33.4 Å². The van der Waals surface area contributed by atoms with Crippen molar-refractivity contribution in [1.82, 2.24) is 15.4 Å². The largest absolute Gasteiger partial charge is 0.390 e. The lowest BCUT2D eigenvalue weighted by molar-refractivity contribution is 0.276. The molecule has 2 N–H and O–H groups in total. The fourth-order valence-corrected chi connectivity index (χ4v) is 0.302. The Kier molecular flexibility index (Phi) is 13.7. The maximum atomic E-state index is 8.30. The van der Waals surface area contributed by atoms with Crippen molar-refractivity contribution in [2.45, 2.75) is 34.3 Å². The number of nitrogens with zero attached hydrogens (tertiary/aromatic N) is 2. The maximum Gasteiger partial charge on any atom is 0.108 e. The number of hydrogen-bond acceptors (Lipinski definition) is 3. The number of aromatic nitrogens is 3. The highest BCUT2D eigenvalue weighted by atomic mass is 16.3. The van der Waals surface area contributed by atoms with Crippen LogP contribution in [0.3, 0.4) is 0 Å². The molecule has 66 valence electrons. The van der Waals surface area contributed by atoms with Gasteiger partial charge in [-0.3, -0.25) is 0 Å². The third kappa shape index (κ3) is 6.99. The molecule has 0 bridgehead atoms. The molecule has 0 aliphatic rings. The second-order valence-corrected chi connectivity index (χ2v) is 1.12. The van der Waals surface area contributed by atoms with E-state index < -0.39 is 0 Å². The molecular weight excluding hydrogens is 142 g/mol. The summed E-state index contributed by atoms with van der Waals surface area (Å²) in [5.74, 6) is 0. The van der Waals surface area contributed by atoms with Gasteiger partial charge in [-0.15, -0.1) is 0 Å². The van der Waals surface area contributed by atoms with E-state index in [0.29, 0.717) is 5.69 Å². The molecule has 0 aliphatic heterocycles. The molecule has 0 saturated carbocycles. The van der Waals surface area contributed by atoms with Crippen molar-refractivity contribution in [3.8, 4) is 0 Å². The third-order valence-electron chi connectivity index (χ3n) is 0.627. The van der Waals surface area contributed by atoms with Gasteiger partial charge in [0.1, 0.15) is 5.69 Å². The Morgan fingerprint density at radius 2 is 1.91 bits per heavy atom. The Hall–Kier alpha value is -0.900. The second-order valence-electron chi connectivity index (χ2n) is 1.12. The van der Waals surface area contributed by atoms with Gasteiger partial charge in [0.05, 0.1) is 12.8 Å². The molecule has 0 atom stereocenters. The number of H-pyrrole nitrogens is 1. The van der Waals surface area contributed by atoms with E-state index in [-0.39, 0.29) is 6.61 Å². The molecule has 0 radical (unpaired) electrons. The van der Waals surface area contributed by atoms with E-state index in [1.165, 1.54) is 6.20 Å². The molecule has 0 fully saturated rings. The first-order valence-corrected chi connectivity index (χ1v) is 3.89. The normalized spacial score (nSPS) is 7.00. The van der Waals surface area contributed by atoms with Crippen LogP contribution in [-0.2, 0) is 6.61 Å². The van der Waals surface area contributed by atoms with Crippen LogP contribution in [0.2, 0.25) is 0 Å². The molecule has 4 nitrogen and oxygen atoms in total. The van der Waals surface area contributed by atoms with Crippen LogP contribution >= 0.6 is 0 Å². The van der Waals surface area contributed by atoms with Gasteiger partial charge >= 0.3 is 0 Å². The molecule has 11 heavy (non-hydrogen) atoms. The highest BCUT2D eigenvalue weighted by Crippen LogP contribution is 1.83. The van der Waals surface area contributed by atoms with Gasteiger partial charge < -0.3 is 5.11 Å². The van der Waals surface area contributed by atoms with Crippen LogP contribution in [0.25, 0.3) is 0 Å². The Morgan fingerprint density at radius 1 is 1.36 bits per heavy atom. The molecule has 0 saturated heterocycles. The molecule has 0 unspecified atom stereocenters. The minimum atomic E-state index is -0.0451. The molecule has 0 amide bonds. The smallest absolute Gasteiger partial charge is 0.108 e. The lowest BCUT2D eigenvalue weighted by Crippen LogP contribution is -1.79. The van der Waals surface area contributed by atoms with Crippen LogP contribution in [0, 0.1) is 0 Å². The van der Waals surface area contributed by atoms with Gasteiger partial charge in [0.25, 0.3) is 0 Å². The van der Waals surface area contributed by atoms with Crippen molar-refractivity contribution in [3.63, 3.8) is 0 Å². The minimum absolute atomic E-state index is 0.0451. The first-order chi connectivity index (χ1) is 5.43. The van der Waals surface area contributed by atoms with Crippen LogP contribution in [0.15, 0.2) is 6.20 Å². The van der Waals surface area contributed by atoms with Gasteiger partial charge in [-0.25, -0.2) is 0 Å². The number of rotatable bonds is 1. The Bertz CT molecular complexity index is 128. The standard InChI is InChI=1S/C3H5N3O.2C2H6/c7-2-3-1-4-6-5-3;2*1-2/h1,7H,2H2,(H,4,5,6);2*1-2H3. The Morgan fingerprint density at radius 3 is 2.09 bits per heavy atom. The zero-order valence-corrected chi connectivity index (χ0v) is 7.63. The second kappa shape index (κ2) is 11.8. The molecule has 0 aromatic carbocycles. The van der Waals surface area contributed by atoms with Gasteiger partial charge in [-0.05, 0) is 0 Å². The van der Waals surface area contributed by atoms with Crippen molar-refractivity contribution >= 4 is 0 Å². The first-order valence-electron chi connectivity index (χ1n) is 3.89. The SMILES string of the molecule is CC.CC.OCc1cn[nH]n1. The molecule has 1 aromatic rings. The summed E-state index contributed by atoms with van der Waals surface area (Å²) in [7, 11) is 0. The predicted molar refractivity (Wildman–Crippen MR) is 45.0 cm³/mol. The fourth-order valence-electron chi connectivity index (χ4n) is 0.302. The average Bonchev–Trinajstić information content (AvgIpc) is 2.63. The molecule has 0 spiro atoms. The van der Waals surface area contributed by atoms with Crippen molar-refractivity contribution in [2.24, 2.45) is 0 Å². The van der Waals surface area contributed by atoms with E-state index in [2.05, 4.69) is 15.4 Å².